The number of nitrogens with one attached hydrogen (secondary N) is 1. The van der Waals surface area contributed by atoms with Gasteiger partial charge >= 0.3 is 5.97 Å². The standard InChI is InChI=1S/C13H11F2N3O2/c1-7-4-17-8(5-16-7)6-18-10-3-2-9(13(19)20)11(14)12(10)15/h2-5,18H,6H2,1H3,(H,19,20). The Hall–Kier alpha value is -2.57. The molecule has 0 fully saturated rings. The van der Waals surface area contributed by atoms with E-state index in [4.69, 9.17) is 5.11 Å². The molecule has 0 bridgehead atoms. The highest BCUT2D eigenvalue weighted by atomic mass is 19.2. The molecule has 0 saturated heterocycles. The van der Waals surface area contributed by atoms with Crippen molar-refractivity contribution in [2.45, 2.75) is 13.5 Å². The molecular formula is C13H11F2N3O2. The van der Waals surface area contributed by atoms with Crippen molar-refractivity contribution < 1.29 is 18.7 Å². The lowest BCUT2D eigenvalue weighted by Crippen LogP contribution is -2.08. The summed E-state index contributed by atoms with van der Waals surface area (Å²) in [6.45, 7) is 1.93. The van der Waals surface area contributed by atoms with E-state index in [1.165, 1.54) is 12.3 Å². The molecule has 0 unspecified atom stereocenters. The number of rotatable bonds is 4. The smallest absolute Gasteiger partial charge is 0.338 e. The summed E-state index contributed by atoms with van der Waals surface area (Å²) in [6, 6.07) is 2.17. The molecule has 2 N–H and O–H groups in total. The van der Waals surface area contributed by atoms with E-state index in [0.717, 1.165) is 11.8 Å². The summed E-state index contributed by atoms with van der Waals surface area (Å²) in [5.41, 5.74) is 0.465. The summed E-state index contributed by atoms with van der Waals surface area (Å²) in [5.74, 6) is -4.14. The Labute approximate surface area is 113 Å². The molecule has 5 nitrogen and oxygen atoms in total. The predicted octanol–water partition coefficient (Wildman–Crippen LogP) is 2.37. The molecule has 20 heavy (non-hydrogen) atoms. The largest absolute Gasteiger partial charge is 0.478 e. The first kappa shape index (κ1) is 13.9. The summed E-state index contributed by atoms with van der Waals surface area (Å²) < 4.78 is 27.1. The van der Waals surface area contributed by atoms with E-state index in [9.17, 15) is 13.6 Å². The molecule has 0 aliphatic heterocycles. The number of carbonyl (C=O) groups is 1. The van der Waals surface area contributed by atoms with Gasteiger partial charge in [-0.1, -0.05) is 0 Å². The molecule has 1 heterocycles. The van der Waals surface area contributed by atoms with Crippen LogP contribution in [0.3, 0.4) is 0 Å². The van der Waals surface area contributed by atoms with E-state index in [1.54, 1.807) is 13.1 Å². The molecule has 2 rings (SSSR count). The summed E-state index contributed by atoms with van der Waals surface area (Å²) in [4.78, 5) is 18.7. The number of nitrogens with zero attached hydrogens (tertiary/aromatic N) is 2. The highest BCUT2D eigenvalue weighted by Gasteiger charge is 2.17. The van der Waals surface area contributed by atoms with E-state index < -0.39 is 23.2 Å². The highest BCUT2D eigenvalue weighted by molar-refractivity contribution is 5.88. The minimum atomic E-state index is -1.52. The fourth-order valence-corrected chi connectivity index (χ4v) is 1.55. The van der Waals surface area contributed by atoms with Crippen molar-refractivity contribution in [3.05, 3.63) is 53.1 Å². The van der Waals surface area contributed by atoms with Gasteiger partial charge in [-0.05, 0) is 19.1 Å². The number of carboxylic acid groups (broad SMARTS) is 1. The molecule has 0 saturated carbocycles. The normalized spacial score (nSPS) is 10.3. The molecule has 0 amide bonds. The number of anilines is 1. The van der Waals surface area contributed by atoms with Crippen LogP contribution in [-0.2, 0) is 6.54 Å². The van der Waals surface area contributed by atoms with E-state index in [2.05, 4.69) is 15.3 Å². The zero-order valence-electron chi connectivity index (χ0n) is 10.5. The average molecular weight is 279 g/mol. The van der Waals surface area contributed by atoms with Gasteiger partial charge in [-0.3, -0.25) is 9.97 Å². The fourth-order valence-electron chi connectivity index (χ4n) is 1.55. The first-order valence-corrected chi connectivity index (χ1v) is 5.71. The number of aryl methyl sites for hydroxylation is 1. The van der Waals surface area contributed by atoms with Crippen molar-refractivity contribution in [2.24, 2.45) is 0 Å². The van der Waals surface area contributed by atoms with Crippen molar-refractivity contribution in [1.29, 1.82) is 0 Å². The highest BCUT2D eigenvalue weighted by Crippen LogP contribution is 2.21. The van der Waals surface area contributed by atoms with Crippen LogP contribution in [0.15, 0.2) is 24.5 Å². The molecular weight excluding hydrogens is 268 g/mol. The molecule has 0 atom stereocenters. The zero-order chi connectivity index (χ0) is 14.7. The Morgan fingerprint density at radius 2 is 2.00 bits per heavy atom. The van der Waals surface area contributed by atoms with Crippen LogP contribution in [-0.4, -0.2) is 21.0 Å². The molecule has 1 aromatic carbocycles. The monoisotopic (exact) mass is 279 g/mol. The molecule has 0 radical (unpaired) electrons. The van der Waals surface area contributed by atoms with Gasteiger partial charge in [-0.25, -0.2) is 13.6 Å². The zero-order valence-corrected chi connectivity index (χ0v) is 10.5. The number of hydrogen-bond acceptors (Lipinski definition) is 4. The molecule has 104 valence electrons. The van der Waals surface area contributed by atoms with Gasteiger partial charge in [0.1, 0.15) is 0 Å². The van der Waals surface area contributed by atoms with Gasteiger partial charge in [0.15, 0.2) is 11.6 Å². The van der Waals surface area contributed by atoms with E-state index in [0.29, 0.717) is 5.69 Å². The number of aromatic nitrogens is 2. The Morgan fingerprint density at radius 3 is 2.60 bits per heavy atom. The topological polar surface area (TPSA) is 75.1 Å². The minimum Gasteiger partial charge on any atom is -0.478 e. The van der Waals surface area contributed by atoms with Crippen LogP contribution in [0, 0.1) is 18.6 Å². The van der Waals surface area contributed by atoms with E-state index in [1.807, 2.05) is 0 Å². The number of halogens is 2. The van der Waals surface area contributed by atoms with Crippen LogP contribution in [0.1, 0.15) is 21.7 Å². The van der Waals surface area contributed by atoms with Crippen LogP contribution in [0.25, 0.3) is 0 Å². The van der Waals surface area contributed by atoms with Gasteiger partial charge in [-0.2, -0.15) is 0 Å². The number of hydrogen-bond donors (Lipinski definition) is 2. The number of aromatic carboxylic acids is 1. The van der Waals surface area contributed by atoms with Crippen molar-refractivity contribution in [3.8, 4) is 0 Å². The molecule has 0 aliphatic rings. The van der Waals surface area contributed by atoms with Crippen LogP contribution < -0.4 is 5.32 Å². The molecule has 0 spiro atoms. The summed E-state index contributed by atoms with van der Waals surface area (Å²) in [5, 5.41) is 11.3. The third-order valence-electron chi connectivity index (χ3n) is 2.61. The third kappa shape index (κ3) is 2.87. The number of carboxylic acids is 1. The van der Waals surface area contributed by atoms with Crippen LogP contribution in [0.4, 0.5) is 14.5 Å². The predicted molar refractivity (Wildman–Crippen MR) is 67.4 cm³/mol. The molecule has 0 aliphatic carbocycles. The van der Waals surface area contributed by atoms with Gasteiger partial charge in [0.2, 0.25) is 0 Å². The number of benzene rings is 1. The van der Waals surface area contributed by atoms with Crippen LogP contribution in [0.2, 0.25) is 0 Å². The lowest BCUT2D eigenvalue weighted by molar-refractivity contribution is 0.0690. The van der Waals surface area contributed by atoms with Crippen molar-refractivity contribution in [2.75, 3.05) is 5.32 Å². The van der Waals surface area contributed by atoms with Crippen LogP contribution >= 0.6 is 0 Å². The lowest BCUT2D eigenvalue weighted by atomic mass is 10.2. The maximum absolute atomic E-state index is 13.7. The Balaban J connectivity index is 2.16. The van der Waals surface area contributed by atoms with Crippen LogP contribution in [0.5, 0.6) is 0 Å². The van der Waals surface area contributed by atoms with Gasteiger partial charge < -0.3 is 10.4 Å². The van der Waals surface area contributed by atoms with Gasteiger partial charge in [0, 0.05) is 6.20 Å². The Morgan fingerprint density at radius 1 is 1.25 bits per heavy atom. The summed E-state index contributed by atoms with van der Waals surface area (Å²) in [6.07, 6.45) is 3.07. The third-order valence-corrected chi connectivity index (χ3v) is 2.61. The van der Waals surface area contributed by atoms with E-state index >= 15 is 0 Å². The van der Waals surface area contributed by atoms with E-state index in [-0.39, 0.29) is 12.2 Å². The molecule has 7 heteroatoms. The Kier molecular flexibility index (Phi) is 3.88. The van der Waals surface area contributed by atoms with Gasteiger partial charge in [-0.15, -0.1) is 0 Å². The molecule has 2 aromatic rings. The summed E-state index contributed by atoms with van der Waals surface area (Å²) in [7, 11) is 0. The quantitative estimate of drug-likeness (QED) is 0.898. The van der Waals surface area contributed by atoms with Crippen molar-refractivity contribution >= 4 is 11.7 Å². The second-order valence-corrected chi connectivity index (χ2v) is 4.10. The first-order chi connectivity index (χ1) is 9.49. The second-order valence-electron chi connectivity index (χ2n) is 4.10. The Bertz CT molecular complexity index is 645. The van der Waals surface area contributed by atoms with Gasteiger partial charge in [0.05, 0.1) is 35.4 Å². The maximum atomic E-state index is 13.7. The molecule has 1 aromatic heterocycles. The van der Waals surface area contributed by atoms with Crippen molar-refractivity contribution in [1.82, 2.24) is 9.97 Å². The maximum Gasteiger partial charge on any atom is 0.338 e. The first-order valence-electron chi connectivity index (χ1n) is 5.71. The summed E-state index contributed by atoms with van der Waals surface area (Å²) >= 11 is 0. The van der Waals surface area contributed by atoms with Crippen molar-refractivity contribution in [3.63, 3.8) is 0 Å². The minimum absolute atomic E-state index is 0.130. The van der Waals surface area contributed by atoms with Gasteiger partial charge in [0.25, 0.3) is 0 Å². The lowest BCUT2D eigenvalue weighted by Gasteiger charge is -2.08. The fraction of sp³-hybridized carbons (Fsp3) is 0.154. The second kappa shape index (κ2) is 5.60. The SMILES string of the molecule is Cc1cnc(CNc2ccc(C(=O)O)c(F)c2F)cn1. The average Bonchev–Trinajstić information content (AvgIpc) is 2.42.